The van der Waals surface area contributed by atoms with E-state index in [0.717, 1.165) is 9.13 Å². The fraction of sp³-hybridized carbons (Fsp3) is 0.0588. The molecule has 1 aromatic carbocycles. The van der Waals surface area contributed by atoms with Gasteiger partial charge in [-0.05, 0) is 40.8 Å². The highest BCUT2D eigenvalue weighted by Crippen LogP contribution is 2.18. The van der Waals surface area contributed by atoms with Crippen LogP contribution in [0.25, 0.3) is 11.3 Å². The fourth-order valence-electron chi connectivity index (χ4n) is 2.08. The minimum Gasteiger partial charge on any atom is -0.484 e. The third-order valence-electron chi connectivity index (χ3n) is 3.26. The zero-order chi connectivity index (χ0) is 16.9. The summed E-state index contributed by atoms with van der Waals surface area (Å²) in [5.41, 5.74) is 1.77. The van der Waals surface area contributed by atoms with Crippen LogP contribution in [-0.2, 0) is 0 Å². The van der Waals surface area contributed by atoms with Gasteiger partial charge in [-0.3, -0.25) is 15.8 Å². The number of hydrogen-bond acceptors (Lipinski definition) is 5. The lowest BCUT2D eigenvalue weighted by atomic mass is 10.1. The van der Waals surface area contributed by atoms with Crippen LogP contribution < -0.4 is 10.2 Å². The molecule has 0 radical (unpaired) electrons. The first-order chi connectivity index (χ1) is 11.6. The van der Waals surface area contributed by atoms with E-state index in [-0.39, 0.29) is 17.9 Å². The zero-order valence-electron chi connectivity index (χ0n) is 12.6. The summed E-state index contributed by atoms with van der Waals surface area (Å²) in [6.45, 7) is 0.0157. The second-order valence-electron chi connectivity index (χ2n) is 4.92. The average Bonchev–Trinajstić information content (AvgIpc) is 2.62. The average molecular weight is 431 g/mol. The summed E-state index contributed by atoms with van der Waals surface area (Å²) >= 11 is 2.12. The molecule has 0 aliphatic carbocycles. The Morgan fingerprint density at radius 3 is 2.67 bits per heavy atom. The third kappa shape index (κ3) is 3.67. The smallest absolute Gasteiger partial charge is 0.162 e. The van der Waals surface area contributed by atoms with Crippen molar-refractivity contribution in [2.45, 2.75) is 0 Å². The van der Waals surface area contributed by atoms with Crippen molar-refractivity contribution in [3.05, 3.63) is 70.0 Å². The standard InChI is InChI=1S/C17H14IN5O/c18-13-10-21-9-8-15(13)24-11-17(20)23-16(19)7-6-14(22-23)12-4-2-1-3-5-12/h1-10,19-20H,11H2. The molecule has 24 heavy (non-hydrogen) atoms. The van der Waals surface area contributed by atoms with Gasteiger partial charge in [0.2, 0.25) is 0 Å². The van der Waals surface area contributed by atoms with Gasteiger partial charge in [0.25, 0.3) is 0 Å². The molecule has 3 rings (SSSR count). The highest BCUT2D eigenvalue weighted by Gasteiger charge is 2.08. The van der Waals surface area contributed by atoms with Crippen molar-refractivity contribution < 1.29 is 4.74 Å². The first kappa shape index (κ1) is 16.3. The van der Waals surface area contributed by atoms with E-state index < -0.39 is 0 Å². The largest absolute Gasteiger partial charge is 0.484 e. The van der Waals surface area contributed by atoms with Crippen LogP contribution in [0.15, 0.2) is 60.9 Å². The maximum absolute atomic E-state index is 8.19. The number of ether oxygens (including phenoxy) is 1. The molecule has 120 valence electrons. The summed E-state index contributed by atoms with van der Waals surface area (Å²) in [6, 6.07) is 14.8. The van der Waals surface area contributed by atoms with Gasteiger partial charge in [0, 0.05) is 18.0 Å². The molecule has 0 saturated carbocycles. The number of benzene rings is 1. The SMILES string of the molecule is N=C(COc1ccncc1I)n1nc(-c2ccccc2)ccc1=N. The Morgan fingerprint density at radius 2 is 1.92 bits per heavy atom. The topological polar surface area (TPSA) is 87.6 Å². The third-order valence-corrected chi connectivity index (χ3v) is 4.07. The van der Waals surface area contributed by atoms with Gasteiger partial charge in [-0.25, -0.2) is 0 Å². The maximum Gasteiger partial charge on any atom is 0.162 e. The second-order valence-corrected chi connectivity index (χ2v) is 6.09. The van der Waals surface area contributed by atoms with Crippen molar-refractivity contribution in [3.63, 3.8) is 0 Å². The Morgan fingerprint density at radius 1 is 1.12 bits per heavy atom. The van der Waals surface area contributed by atoms with E-state index in [1.165, 1.54) is 4.68 Å². The molecule has 3 aromatic rings. The molecular weight excluding hydrogens is 417 g/mol. The van der Waals surface area contributed by atoms with Crippen LogP contribution in [0, 0.1) is 14.4 Å². The van der Waals surface area contributed by atoms with Crippen molar-refractivity contribution in [2.75, 3.05) is 6.61 Å². The molecule has 0 spiro atoms. The van der Waals surface area contributed by atoms with Gasteiger partial charge in [-0.2, -0.15) is 9.78 Å². The zero-order valence-corrected chi connectivity index (χ0v) is 14.8. The van der Waals surface area contributed by atoms with Gasteiger partial charge < -0.3 is 4.74 Å². The predicted octanol–water partition coefficient (Wildman–Crippen LogP) is 2.93. The van der Waals surface area contributed by atoms with Gasteiger partial charge >= 0.3 is 0 Å². The molecule has 0 aliphatic heterocycles. The Kier molecular flexibility index (Phi) is 4.99. The lowest BCUT2D eigenvalue weighted by Gasteiger charge is -2.11. The van der Waals surface area contributed by atoms with Crippen molar-refractivity contribution in [1.82, 2.24) is 14.8 Å². The van der Waals surface area contributed by atoms with Gasteiger partial charge in [0.15, 0.2) is 5.84 Å². The van der Waals surface area contributed by atoms with Crippen LogP contribution in [0.2, 0.25) is 0 Å². The summed E-state index contributed by atoms with van der Waals surface area (Å²) in [5.74, 6) is 0.743. The Bertz CT molecular complexity index is 924. The number of hydrogen-bond donors (Lipinski definition) is 2. The Balaban J connectivity index is 1.82. The highest BCUT2D eigenvalue weighted by atomic mass is 127. The normalized spacial score (nSPS) is 10.4. The van der Waals surface area contributed by atoms with E-state index in [1.54, 1.807) is 30.6 Å². The van der Waals surface area contributed by atoms with E-state index in [1.807, 2.05) is 30.3 Å². The minimum absolute atomic E-state index is 0.0157. The number of rotatable bonds is 4. The summed E-state index contributed by atoms with van der Waals surface area (Å²) in [7, 11) is 0. The summed E-state index contributed by atoms with van der Waals surface area (Å²) in [4.78, 5) is 4.00. The Hall–Kier alpha value is -2.55. The lowest BCUT2D eigenvalue weighted by Crippen LogP contribution is -2.32. The van der Waals surface area contributed by atoms with Crippen LogP contribution >= 0.6 is 22.6 Å². The molecule has 0 atom stereocenters. The molecular formula is C17H14IN5O. The van der Waals surface area contributed by atoms with Crippen LogP contribution in [0.5, 0.6) is 5.75 Å². The molecule has 2 heterocycles. The molecule has 0 amide bonds. The maximum atomic E-state index is 8.19. The first-order valence-corrected chi connectivity index (χ1v) is 8.23. The van der Waals surface area contributed by atoms with E-state index in [4.69, 9.17) is 15.6 Å². The molecule has 0 unspecified atom stereocenters. The van der Waals surface area contributed by atoms with Gasteiger partial charge in [0.1, 0.15) is 17.8 Å². The fourth-order valence-corrected chi connectivity index (χ4v) is 2.58. The van der Waals surface area contributed by atoms with Crippen molar-refractivity contribution in [3.8, 4) is 17.0 Å². The quantitative estimate of drug-likeness (QED) is 0.378. The summed E-state index contributed by atoms with van der Waals surface area (Å²) in [6.07, 6.45) is 3.33. The number of pyridine rings is 1. The van der Waals surface area contributed by atoms with Gasteiger partial charge in [0.05, 0.1) is 9.26 Å². The minimum atomic E-state index is 0.0157. The number of halogens is 1. The molecule has 2 N–H and O–H groups in total. The Labute approximate surface area is 152 Å². The molecule has 0 saturated heterocycles. The lowest BCUT2D eigenvalue weighted by molar-refractivity contribution is 0.366. The molecule has 0 bridgehead atoms. The molecule has 0 fully saturated rings. The van der Waals surface area contributed by atoms with Crippen molar-refractivity contribution in [1.29, 1.82) is 10.8 Å². The van der Waals surface area contributed by atoms with Crippen molar-refractivity contribution >= 4 is 28.4 Å². The van der Waals surface area contributed by atoms with E-state index in [0.29, 0.717) is 11.4 Å². The van der Waals surface area contributed by atoms with Crippen LogP contribution in [0.4, 0.5) is 0 Å². The molecule has 6 nitrogen and oxygen atoms in total. The van der Waals surface area contributed by atoms with E-state index in [9.17, 15) is 0 Å². The second kappa shape index (κ2) is 7.35. The number of nitrogens with one attached hydrogen (secondary N) is 2. The van der Waals surface area contributed by atoms with Crippen LogP contribution in [-0.4, -0.2) is 27.2 Å². The van der Waals surface area contributed by atoms with Gasteiger partial charge in [-0.1, -0.05) is 30.3 Å². The van der Waals surface area contributed by atoms with E-state index >= 15 is 0 Å². The predicted molar refractivity (Wildman–Crippen MR) is 99.1 cm³/mol. The summed E-state index contributed by atoms with van der Waals surface area (Å²) < 4.78 is 7.78. The number of aromatic nitrogens is 3. The summed E-state index contributed by atoms with van der Waals surface area (Å²) in [5, 5.41) is 20.6. The van der Waals surface area contributed by atoms with Crippen LogP contribution in [0.1, 0.15) is 0 Å². The monoisotopic (exact) mass is 431 g/mol. The first-order valence-electron chi connectivity index (χ1n) is 7.15. The van der Waals surface area contributed by atoms with Gasteiger partial charge in [-0.15, -0.1) is 0 Å². The number of nitrogens with zero attached hydrogens (tertiary/aromatic N) is 3. The van der Waals surface area contributed by atoms with E-state index in [2.05, 4.69) is 32.7 Å². The molecule has 7 heteroatoms. The van der Waals surface area contributed by atoms with Crippen LogP contribution in [0.3, 0.4) is 0 Å². The van der Waals surface area contributed by atoms with Crippen molar-refractivity contribution in [2.24, 2.45) is 0 Å². The molecule has 2 aromatic heterocycles. The molecule has 0 aliphatic rings. The highest BCUT2D eigenvalue weighted by molar-refractivity contribution is 14.1.